The van der Waals surface area contributed by atoms with Crippen molar-refractivity contribution in [2.75, 3.05) is 13.1 Å². The van der Waals surface area contributed by atoms with Crippen molar-refractivity contribution in [1.82, 2.24) is 4.90 Å². The number of nitrogens with two attached hydrogens (primary N) is 1. The molecule has 1 aliphatic carbocycles. The van der Waals surface area contributed by atoms with Crippen molar-refractivity contribution in [2.45, 2.75) is 45.6 Å². The Bertz CT molecular complexity index is 383. The van der Waals surface area contributed by atoms with E-state index in [4.69, 9.17) is 5.73 Å². The molecule has 0 aromatic heterocycles. The molecule has 0 aromatic rings. The highest BCUT2D eigenvalue weighted by molar-refractivity contribution is 5.82. The van der Waals surface area contributed by atoms with Crippen LogP contribution in [0.1, 0.15) is 39.5 Å². The zero-order chi connectivity index (χ0) is 14.2. The fourth-order valence-electron chi connectivity index (χ4n) is 3.41. The second-order valence-corrected chi connectivity index (χ2v) is 6.40. The molecule has 5 nitrogen and oxygen atoms in total. The molecule has 3 N–H and O–H groups in total. The molecule has 1 saturated heterocycles. The Labute approximate surface area is 114 Å². The van der Waals surface area contributed by atoms with E-state index in [-0.39, 0.29) is 23.8 Å². The number of rotatable bonds is 3. The zero-order valence-corrected chi connectivity index (χ0v) is 11.8. The molecule has 0 radical (unpaired) electrons. The number of aliphatic carboxylic acids is 1. The lowest BCUT2D eigenvalue weighted by Gasteiger charge is -2.29. The third kappa shape index (κ3) is 2.48. The molecule has 0 bridgehead atoms. The summed E-state index contributed by atoms with van der Waals surface area (Å²) in [6.45, 7) is 4.76. The maximum Gasteiger partial charge on any atom is 0.311 e. The van der Waals surface area contributed by atoms with E-state index in [0.717, 1.165) is 19.3 Å². The summed E-state index contributed by atoms with van der Waals surface area (Å²) in [6.07, 6.45) is 3.05. The number of carbonyl (C=O) groups is 2. The second kappa shape index (κ2) is 5.12. The topological polar surface area (TPSA) is 83.6 Å². The molecule has 1 heterocycles. The molecule has 2 rings (SSSR count). The highest BCUT2D eigenvalue weighted by atomic mass is 16.4. The Balaban J connectivity index is 2.05. The number of carboxylic acids is 1. The predicted molar refractivity (Wildman–Crippen MR) is 71.4 cm³/mol. The number of amides is 1. The zero-order valence-electron chi connectivity index (χ0n) is 11.8. The van der Waals surface area contributed by atoms with Gasteiger partial charge in [0.2, 0.25) is 5.91 Å². The first-order valence-electron chi connectivity index (χ1n) is 7.14. The predicted octanol–water partition coefficient (Wildman–Crippen LogP) is 1.07. The van der Waals surface area contributed by atoms with Crippen molar-refractivity contribution in [3.05, 3.63) is 0 Å². The van der Waals surface area contributed by atoms with Gasteiger partial charge in [0.25, 0.3) is 0 Å². The number of carbonyl (C=O) groups excluding carboxylic acids is 1. The number of hydrogen-bond donors (Lipinski definition) is 2. The smallest absolute Gasteiger partial charge is 0.311 e. The number of nitrogens with zero attached hydrogens (tertiary/aromatic N) is 1. The average Bonchev–Trinajstić information content (AvgIpc) is 2.94. The van der Waals surface area contributed by atoms with E-state index in [1.54, 1.807) is 4.90 Å². The van der Waals surface area contributed by atoms with E-state index in [1.807, 2.05) is 13.8 Å². The van der Waals surface area contributed by atoms with E-state index in [1.165, 1.54) is 0 Å². The average molecular weight is 268 g/mol. The van der Waals surface area contributed by atoms with Gasteiger partial charge in [0, 0.05) is 25.0 Å². The quantitative estimate of drug-likeness (QED) is 0.802. The largest absolute Gasteiger partial charge is 0.481 e. The van der Waals surface area contributed by atoms with Crippen LogP contribution < -0.4 is 5.73 Å². The lowest BCUT2D eigenvalue weighted by atomic mass is 9.76. The molecule has 108 valence electrons. The highest BCUT2D eigenvalue weighted by Gasteiger charge is 2.49. The Morgan fingerprint density at radius 2 is 2.05 bits per heavy atom. The molecular weight excluding hydrogens is 244 g/mol. The van der Waals surface area contributed by atoms with E-state index < -0.39 is 11.4 Å². The third-order valence-electron chi connectivity index (χ3n) is 4.97. The normalized spacial score (nSPS) is 35.1. The Morgan fingerprint density at radius 1 is 1.37 bits per heavy atom. The van der Waals surface area contributed by atoms with Crippen LogP contribution in [0, 0.1) is 17.3 Å². The van der Waals surface area contributed by atoms with Gasteiger partial charge >= 0.3 is 5.97 Å². The first-order chi connectivity index (χ1) is 8.86. The molecule has 3 atom stereocenters. The summed E-state index contributed by atoms with van der Waals surface area (Å²) in [5, 5.41) is 9.48. The molecule has 1 amide bonds. The first kappa shape index (κ1) is 14.3. The molecular formula is C14H24N2O3. The van der Waals surface area contributed by atoms with Gasteiger partial charge in [-0.05, 0) is 31.6 Å². The van der Waals surface area contributed by atoms with Crippen LogP contribution in [0.3, 0.4) is 0 Å². The minimum Gasteiger partial charge on any atom is -0.481 e. The second-order valence-electron chi connectivity index (χ2n) is 6.40. The minimum absolute atomic E-state index is 0.00626. The van der Waals surface area contributed by atoms with Gasteiger partial charge in [-0.2, -0.15) is 0 Å². The Hall–Kier alpha value is -1.10. The lowest BCUT2D eigenvalue weighted by molar-refractivity contribution is -0.151. The Morgan fingerprint density at radius 3 is 2.47 bits per heavy atom. The van der Waals surface area contributed by atoms with Gasteiger partial charge in [-0.3, -0.25) is 9.59 Å². The minimum atomic E-state index is -0.777. The van der Waals surface area contributed by atoms with Crippen molar-refractivity contribution in [2.24, 2.45) is 23.0 Å². The van der Waals surface area contributed by atoms with Gasteiger partial charge in [0.1, 0.15) is 0 Å². The van der Waals surface area contributed by atoms with Crippen molar-refractivity contribution >= 4 is 11.9 Å². The van der Waals surface area contributed by atoms with E-state index in [2.05, 4.69) is 0 Å². The van der Waals surface area contributed by atoms with Crippen LogP contribution in [-0.4, -0.2) is 41.0 Å². The third-order valence-corrected chi connectivity index (χ3v) is 4.97. The van der Waals surface area contributed by atoms with Gasteiger partial charge in [0.15, 0.2) is 0 Å². The fraction of sp³-hybridized carbons (Fsp3) is 0.857. The van der Waals surface area contributed by atoms with Crippen LogP contribution in [-0.2, 0) is 9.59 Å². The van der Waals surface area contributed by atoms with E-state index in [9.17, 15) is 14.7 Å². The Kier molecular flexibility index (Phi) is 3.85. The van der Waals surface area contributed by atoms with Crippen molar-refractivity contribution in [1.29, 1.82) is 0 Å². The van der Waals surface area contributed by atoms with Crippen molar-refractivity contribution < 1.29 is 14.7 Å². The van der Waals surface area contributed by atoms with Crippen LogP contribution >= 0.6 is 0 Å². The summed E-state index contributed by atoms with van der Waals surface area (Å²) < 4.78 is 0. The molecule has 0 aromatic carbocycles. The van der Waals surface area contributed by atoms with Crippen LogP contribution in [0.2, 0.25) is 0 Å². The summed E-state index contributed by atoms with van der Waals surface area (Å²) in [5.41, 5.74) is 5.08. The summed E-state index contributed by atoms with van der Waals surface area (Å²) in [7, 11) is 0. The number of hydrogen-bond acceptors (Lipinski definition) is 3. The highest BCUT2D eigenvalue weighted by Crippen LogP contribution is 2.39. The molecule has 2 fully saturated rings. The summed E-state index contributed by atoms with van der Waals surface area (Å²) in [5.74, 6) is -0.627. The van der Waals surface area contributed by atoms with Crippen LogP contribution in [0.15, 0.2) is 0 Å². The van der Waals surface area contributed by atoms with Crippen molar-refractivity contribution in [3.8, 4) is 0 Å². The molecule has 19 heavy (non-hydrogen) atoms. The molecule has 2 aliphatic rings. The maximum absolute atomic E-state index is 12.4. The molecule has 3 unspecified atom stereocenters. The SMILES string of the molecule is CC(C)C1(C(=O)O)CCN(C(=O)C2CCC(N)C2)C1. The van der Waals surface area contributed by atoms with Crippen LogP contribution in [0.5, 0.6) is 0 Å². The molecule has 1 aliphatic heterocycles. The molecule has 1 saturated carbocycles. The number of carboxylic acid groups (broad SMARTS) is 1. The monoisotopic (exact) mass is 268 g/mol. The standard InChI is InChI=1S/C14H24N2O3/c1-9(2)14(13(18)19)5-6-16(8-14)12(17)10-3-4-11(15)7-10/h9-11H,3-8,15H2,1-2H3,(H,18,19). The van der Waals surface area contributed by atoms with Gasteiger partial charge in [-0.15, -0.1) is 0 Å². The van der Waals surface area contributed by atoms with Crippen molar-refractivity contribution in [3.63, 3.8) is 0 Å². The molecule has 0 spiro atoms. The van der Waals surface area contributed by atoms with E-state index >= 15 is 0 Å². The summed E-state index contributed by atoms with van der Waals surface area (Å²) in [4.78, 5) is 25.7. The van der Waals surface area contributed by atoms with Gasteiger partial charge in [-0.1, -0.05) is 13.8 Å². The number of likely N-dealkylation sites (tertiary alicyclic amines) is 1. The first-order valence-corrected chi connectivity index (χ1v) is 7.14. The maximum atomic E-state index is 12.4. The van der Waals surface area contributed by atoms with Gasteiger partial charge in [-0.25, -0.2) is 0 Å². The van der Waals surface area contributed by atoms with Crippen LogP contribution in [0.4, 0.5) is 0 Å². The van der Waals surface area contributed by atoms with E-state index in [0.29, 0.717) is 19.5 Å². The lowest BCUT2D eigenvalue weighted by Crippen LogP contribution is -2.42. The van der Waals surface area contributed by atoms with Gasteiger partial charge in [0.05, 0.1) is 5.41 Å². The molecule has 5 heteroatoms. The van der Waals surface area contributed by atoms with Crippen LogP contribution in [0.25, 0.3) is 0 Å². The summed E-state index contributed by atoms with van der Waals surface area (Å²) >= 11 is 0. The fourth-order valence-corrected chi connectivity index (χ4v) is 3.41. The van der Waals surface area contributed by atoms with Gasteiger partial charge < -0.3 is 15.7 Å². The summed E-state index contributed by atoms with van der Waals surface area (Å²) in [6, 6.07) is 0.130.